The molecule has 0 bridgehead atoms. The van der Waals surface area contributed by atoms with Gasteiger partial charge in [0.05, 0.1) is 16.6 Å². The van der Waals surface area contributed by atoms with Gasteiger partial charge in [0.2, 0.25) is 5.91 Å². The van der Waals surface area contributed by atoms with Crippen LogP contribution in [0.2, 0.25) is 0 Å². The minimum Gasteiger partial charge on any atom is -0.338 e. The number of halogens is 2. The van der Waals surface area contributed by atoms with Crippen LogP contribution in [-0.2, 0) is 4.79 Å². The van der Waals surface area contributed by atoms with Gasteiger partial charge >= 0.3 is 0 Å². The number of carbonyl (C=O) groups excluding carboxylic acids is 1. The first-order valence-corrected chi connectivity index (χ1v) is 10.3. The highest BCUT2D eigenvalue weighted by atomic mass is 35.5. The van der Waals surface area contributed by atoms with Crippen molar-refractivity contribution in [1.82, 2.24) is 15.2 Å². The lowest BCUT2D eigenvalue weighted by Gasteiger charge is -2.28. The third-order valence-electron chi connectivity index (χ3n) is 6.25. The summed E-state index contributed by atoms with van der Waals surface area (Å²) in [6.45, 7) is 6.29. The summed E-state index contributed by atoms with van der Waals surface area (Å²) in [7, 11) is 1.96. The minimum atomic E-state index is 0. The van der Waals surface area contributed by atoms with E-state index in [9.17, 15) is 4.79 Å². The highest BCUT2D eigenvalue weighted by molar-refractivity contribution is 7.15. The van der Waals surface area contributed by atoms with Crippen LogP contribution in [0.1, 0.15) is 42.8 Å². The number of hydrogen-bond donors (Lipinski definition) is 1. The van der Waals surface area contributed by atoms with Gasteiger partial charge in [0.15, 0.2) is 0 Å². The Labute approximate surface area is 183 Å². The summed E-state index contributed by atoms with van der Waals surface area (Å²) in [4.78, 5) is 21.0. The molecule has 1 aromatic heterocycles. The van der Waals surface area contributed by atoms with E-state index in [4.69, 9.17) is 4.98 Å². The van der Waals surface area contributed by atoms with Crippen molar-refractivity contribution in [3.8, 4) is 10.6 Å². The molecule has 28 heavy (non-hydrogen) atoms. The minimum absolute atomic E-state index is 0. The molecule has 4 rings (SSSR count). The number of nitrogens with one attached hydrogen (secondary N) is 1. The molecule has 1 saturated heterocycles. The Hall–Kier alpha value is -1.14. The molecule has 2 atom stereocenters. The van der Waals surface area contributed by atoms with Crippen molar-refractivity contribution in [1.29, 1.82) is 0 Å². The molecular formula is C21H29Cl2N3OS. The van der Waals surface area contributed by atoms with Crippen LogP contribution in [0.3, 0.4) is 0 Å². The third-order valence-corrected chi connectivity index (χ3v) is 7.63. The van der Waals surface area contributed by atoms with Crippen LogP contribution in [0.25, 0.3) is 10.6 Å². The molecule has 2 unspecified atom stereocenters. The van der Waals surface area contributed by atoms with Crippen molar-refractivity contribution in [2.75, 3.05) is 20.1 Å². The Kier molecular flexibility index (Phi) is 7.54. The number of rotatable bonds is 4. The van der Waals surface area contributed by atoms with Crippen molar-refractivity contribution in [3.63, 3.8) is 0 Å². The van der Waals surface area contributed by atoms with Gasteiger partial charge in [-0.1, -0.05) is 30.3 Å². The number of aromatic nitrogens is 1. The monoisotopic (exact) mass is 441 g/mol. The van der Waals surface area contributed by atoms with E-state index < -0.39 is 0 Å². The summed E-state index contributed by atoms with van der Waals surface area (Å²) in [5, 5.41) is 4.45. The number of amides is 1. The average molecular weight is 442 g/mol. The Bertz CT molecular complexity index is 805. The fourth-order valence-electron chi connectivity index (χ4n) is 4.29. The Morgan fingerprint density at radius 1 is 1.25 bits per heavy atom. The SMILES string of the molecule is Cc1nc(-c2ccccc2)sc1C(C)N(C)C(=O)C1CC12CCNCC2.Cl.Cl. The van der Waals surface area contributed by atoms with E-state index in [2.05, 4.69) is 31.3 Å². The normalized spacial score (nSPS) is 20.6. The van der Waals surface area contributed by atoms with Gasteiger partial charge in [-0.15, -0.1) is 36.2 Å². The fourth-order valence-corrected chi connectivity index (χ4v) is 5.45. The van der Waals surface area contributed by atoms with E-state index in [1.54, 1.807) is 11.3 Å². The van der Waals surface area contributed by atoms with Crippen molar-refractivity contribution in [2.45, 2.75) is 39.2 Å². The zero-order valence-corrected chi connectivity index (χ0v) is 19.1. The largest absolute Gasteiger partial charge is 0.338 e. The van der Waals surface area contributed by atoms with Crippen LogP contribution in [-0.4, -0.2) is 35.9 Å². The maximum absolute atomic E-state index is 13.1. The number of nitrogens with zero attached hydrogens (tertiary/aromatic N) is 2. The lowest BCUT2D eigenvalue weighted by Crippen LogP contribution is -2.35. The molecule has 2 fully saturated rings. The Morgan fingerprint density at radius 3 is 2.54 bits per heavy atom. The Morgan fingerprint density at radius 2 is 1.89 bits per heavy atom. The second-order valence-electron chi connectivity index (χ2n) is 7.83. The molecule has 1 aliphatic heterocycles. The Balaban J connectivity index is 0.00000140. The van der Waals surface area contributed by atoms with Crippen LogP contribution < -0.4 is 5.32 Å². The number of hydrogen-bond acceptors (Lipinski definition) is 4. The van der Waals surface area contributed by atoms with E-state index in [1.165, 1.54) is 4.88 Å². The van der Waals surface area contributed by atoms with Gasteiger partial charge in [0, 0.05) is 18.5 Å². The van der Waals surface area contributed by atoms with Crippen molar-refractivity contribution >= 4 is 42.1 Å². The van der Waals surface area contributed by atoms with E-state index in [0.717, 1.165) is 48.6 Å². The maximum atomic E-state index is 13.1. The molecule has 1 aliphatic carbocycles. The van der Waals surface area contributed by atoms with Crippen molar-refractivity contribution in [3.05, 3.63) is 40.9 Å². The van der Waals surface area contributed by atoms with Gasteiger partial charge < -0.3 is 10.2 Å². The summed E-state index contributed by atoms with van der Waals surface area (Å²) >= 11 is 1.71. The quantitative estimate of drug-likeness (QED) is 0.735. The zero-order valence-electron chi connectivity index (χ0n) is 16.6. The van der Waals surface area contributed by atoms with Crippen molar-refractivity contribution < 1.29 is 4.79 Å². The zero-order chi connectivity index (χ0) is 18.3. The standard InChI is InChI=1S/C21H27N3OS.2ClH/c1-14-18(26-19(23-14)16-7-5-4-6-8-16)15(2)24(3)20(25)17-13-21(17)9-11-22-12-10-21;;/h4-8,15,17,22H,9-13H2,1-3H3;2*1H. The molecule has 1 spiro atoms. The molecule has 1 amide bonds. The van der Waals surface area contributed by atoms with E-state index in [1.807, 2.05) is 30.1 Å². The molecule has 1 aromatic carbocycles. The number of carbonyl (C=O) groups is 1. The highest BCUT2D eigenvalue weighted by Crippen LogP contribution is 2.59. The van der Waals surface area contributed by atoms with E-state index >= 15 is 0 Å². The summed E-state index contributed by atoms with van der Waals surface area (Å²) in [5.74, 6) is 0.535. The number of piperidine rings is 1. The molecule has 7 heteroatoms. The lowest BCUT2D eigenvalue weighted by atomic mass is 9.91. The topological polar surface area (TPSA) is 45.2 Å². The van der Waals surface area contributed by atoms with E-state index in [-0.39, 0.29) is 42.2 Å². The van der Waals surface area contributed by atoms with Gasteiger partial charge in [-0.05, 0) is 51.6 Å². The molecule has 154 valence electrons. The average Bonchev–Trinajstić information content (AvgIpc) is 3.21. The summed E-state index contributed by atoms with van der Waals surface area (Å²) in [6.07, 6.45) is 3.36. The molecule has 2 aromatic rings. The predicted octanol–water partition coefficient (Wildman–Crippen LogP) is 4.87. The second kappa shape index (κ2) is 9.12. The van der Waals surface area contributed by atoms with E-state index in [0.29, 0.717) is 5.91 Å². The smallest absolute Gasteiger partial charge is 0.226 e. The van der Waals surface area contributed by atoms with Crippen LogP contribution in [0.4, 0.5) is 0 Å². The van der Waals surface area contributed by atoms with Gasteiger partial charge in [-0.3, -0.25) is 4.79 Å². The number of benzene rings is 1. The molecular weight excluding hydrogens is 413 g/mol. The molecule has 1 N–H and O–H groups in total. The van der Waals surface area contributed by atoms with Crippen molar-refractivity contribution in [2.24, 2.45) is 11.3 Å². The maximum Gasteiger partial charge on any atom is 0.226 e. The third kappa shape index (κ3) is 4.23. The first kappa shape index (κ1) is 23.1. The number of thiazole rings is 1. The van der Waals surface area contributed by atoms with Crippen LogP contribution >= 0.6 is 36.2 Å². The number of aryl methyl sites for hydroxylation is 1. The molecule has 0 radical (unpaired) electrons. The first-order valence-electron chi connectivity index (χ1n) is 9.52. The van der Waals surface area contributed by atoms with Crippen LogP contribution in [0.5, 0.6) is 0 Å². The molecule has 4 nitrogen and oxygen atoms in total. The summed E-state index contributed by atoms with van der Waals surface area (Å²) in [5.41, 5.74) is 2.46. The lowest BCUT2D eigenvalue weighted by molar-refractivity contribution is -0.134. The fraction of sp³-hybridized carbons (Fsp3) is 0.524. The highest BCUT2D eigenvalue weighted by Gasteiger charge is 2.58. The molecule has 1 saturated carbocycles. The summed E-state index contributed by atoms with van der Waals surface area (Å²) in [6, 6.07) is 10.3. The first-order chi connectivity index (χ1) is 12.5. The second-order valence-corrected chi connectivity index (χ2v) is 8.86. The molecule has 2 heterocycles. The van der Waals surface area contributed by atoms with Gasteiger partial charge in [0.25, 0.3) is 0 Å². The predicted molar refractivity (Wildman–Crippen MR) is 121 cm³/mol. The van der Waals surface area contributed by atoms with Crippen LogP contribution in [0, 0.1) is 18.3 Å². The van der Waals surface area contributed by atoms with Crippen LogP contribution in [0.15, 0.2) is 30.3 Å². The molecule has 2 aliphatic rings. The van der Waals surface area contributed by atoms with Gasteiger partial charge in [-0.25, -0.2) is 4.98 Å². The van der Waals surface area contributed by atoms with Gasteiger partial charge in [0.1, 0.15) is 5.01 Å². The summed E-state index contributed by atoms with van der Waals surface area (Å²) < 4.78 is 0. The van der Waals surface area contributed by atoms with Gasteiger partial charge in [-0.2, -0.15) is 0 Å².